The molecule has 0 unspecified atom stereocenters. The van der Waals surface area contributed by atoms with Crippen LogP contribution in [0.4, 0.5) is 0 Å². The van der Waals surface area contributed by atoms with Gasteiger partial charge in [0.1, 0.15) is 0 Å². The average molecular weight is 182 g/mol. The molecule has 0 spiro atoms. The van der Waals surface area contributed by atoms with Crippen molar-refractivity contribution < 1.29 is 4.74 Å². The number of fused-ring (bicyclic) bond motifs is 1. The lowest BCUT2D eigenvalue weighted by molar-refractivity contribution is 0.130. The molecule has 0 bridgehead atoms. The van der Waals surface area contributed by atoms with E-state index in [4.69, 9.17) is 4.74 Å². The van der Waals surface area contributed by atoms with Crippen LogP contribution < -0.4 is 5.56 Å². The Hall–Kier alpha value is -1.03. The summed E-state index contributed by atoms with van der Waals surface area (Å²) in [5.74, 6) is 0.484. The molecule has 0 saturated heterocycles. The first kappa shape index (κ1) is 8.56. The van der Waals surface area contributed by atoms with Crippen molar-refractivity contribution in [3.63, 3.8) is 0 Å². The van der Waals surface area contributed by atoms with E-state index in [1.165, 1.54) is 0 Å². The quantitative estimate of drug-likeness (QED) is 0.737. The van der Waals surface area contributed by atoms with Gasteiger partial charge in [0.15, 0.2) is 0 Å². The molecule has 0 saturated carbocycles. The summed E-state index contributed by atoms with van der Waals surface area (Å²) in [5.41, 5.74) is 1.84. The highest BCUT2D eigenvalue weighted by molar-refractivity contribution is 5.18. The van der Waals surface area contributed by atoms with Crippen molar-refractivity contribution >= 4 is 0 Å². The van der Waals surface area contributed by atoms with E-state index in [0.717, 1.165) is 17.8 Å². The molecule has 0 aliphatic carbocycles. The first-order chi connectivity index (χ1) is 6.18. The van der Waals surface area contributed by atoms with Crippen LogP contribution in [0.2, 0.25) is 0 Å². The third-order valence-corrected chi connectivity index (χ3v) is 2.18. The topological polar surface area (TPSA) is 47.0 Å². The highest BCUT2D eigenvalue weighted by Crippen LogP contribution is 2.13. The minimum absolute atomic E-state index is 0.0844. The molecule has 4 heteroatoms. The molecule has 1 N–H and O–H groups in total. The predicted octanol–water partition coefficient (Wildman–Crippen LogP) is 0.863. The molecule has 0 amide bonds. The van der Waals surface area contributed by atoms with Gasteiger partial charge in [0.2, 0.25) is 0 Å². The van der Waals surface area contributed by atoms with Gasteiger partial charge in [-0.3, -0.25) is 14.6 Å². The fourth-order valence-electron chi connectivity index (χ4n) is 1.59. The Labute approximate surface area is 76.5 Å². The zero-order valence-corrected chi connectivity index (χ0v) is 7.96. The van der Waals surface area contributed by atoms with E-state index in [1.807, 2.05) is 0 Å². The van der Waals surface area contributed by atoms with Gasteiger partial charge in [-0.1, -0.05) is 13.8 Å². The number of aromatic amines is 1. The summed E-state index contributed by atoms with van der Waals surface area (Å²) in [7, 11) is 0. The SMILES string of the molecule is CC(C)Cn1[nH]c2c(c1=O)COC2. The second-order valence-corrected chi connectivity index (χ2v) is 3.87. The van der Waals surface area contributed by atoms with Crippen LogP contribution in [0, 0.1) is 5.92 Å². The van der Waals surface area contributed by atoms with Crippen molar-refractivity contribution in [2.75, 3.05) is 0 Å². The molecule has 0 atom stereocenters. The lowest BCUT2D eigenvalue weighted by atomic mass is 10.2. The molecule has 1 aliphatic rings. The largest absolute Gasteiger partial charge is 0.370 e. The van der Waals surface area contributed by atoms with Crippen molar-refractivity contribution in [1.29, 1.82) is 0 Å². The smallest absolute Gasteiger partial charge is 0.272 e. The molecule has 0 fully saturated rings. The third kappa shape index (κ3) is 1.42. The maximum atomic E-state index is 11.6. The van der Waals surface area contributed by atoms with Crippen molar-refractivity contribution in [2.45, 2.75) is 33.6 Å². The minimum atomic E-state index is 0.0844. The fourth-order valence-corrected chi connectivity index (χ4v) is 1.59. The van der Waals surface area contributed by atoms with E-state index in [2.05, 4.69) is 18.9 Å². The molecular formula is C9H14N2O2. The Morgan fingerprint density at radius 3 is 2.92 bits per heavy atom. The molecule has 1 aliphatic heterocycles. The van der Waals surface area contributed by atoms with Gasteiger partial charge in [-0.2, -0.15) is 0 Å². The van der Waals surface area contributed by atoms with Crippen molar-refractivity contribution in [2.24, 2.45) is 5.92 Å². The molecule has 1 aromatic rings. The molecule has 2 heterocycles. The Morgan fingerprint density at radius 1 is 1.54 bits per heavy atom. The van der Waals surface area contributed by atoms with Crippen LogP contribution in [0.3, 0.4) is 0 Å². The summed E-state index contributed by atoms with van der Waals surface area (Å²) >= 11 is 0. The Kier molecular flexibility index (Phi) is 2.00. The van der Waals surface area contributed by atoms with E-state index in [-0.39, 0.29) is 5.56 Å². The normalized spacial score (nSPS) is 15.3. The van der Waals surface area contributed by atoms with Crippen LogP contribution in [0.5, 0.6) is 0 Å². The number of nitrogens with zero attached hydrogens (tertiary/aromatic N) is 1. The summed E-state index contributed by atoms with van der Waals surface area (Å²) in [6.07, 6.45) is 0. The van der Waals surface area contributed by atoms with Gasteiger partial charge in [-0.25, -0.2) is 0 Å². The van der Waals surface area contributed by atoms with Crippen molar-refractivity contribution in [1.82, 2.24) is 9.78 Å². The average Bonchev–Trinajstić information content (AvgIpc) is 2.56. The maximum Gasteiger partial charge on any atom is 0.272 e. The fraction of sp³-hybridized carbons (Fsp3) is 0.667. The summed E-state index contributed by atoms with van der Waals surface area (Å²) in [6, 6.07) is 0. The molecule has 0 radical (unpaired) electrons. The molecule has 1 aromatic heterocycles. The van der Waals surface area contributed by atoms with Crippen LogP contribution in [-0.2, 0) is 24.5 Å². The van der Waals surface area contributed by atoms with Crippen molar-refractivity contribution in [3.05, 3.63) is 21.6 Å². The van der Waals surface area contributed by atoms with Crippen LogP contribution >= 0.6 is 0 Å². The lowest BCUT2D eigenvalue weighted by Crippen LogP contribution is -2.21. The monoisotopic (exact) mass is 182 g/mol. The predicted molar refractivity (Wildman–Crippen MR) is 48.4 cm³/mol. The number of ether oxygens (including phenoxy) is 1. The summed E-state index contributed by atoms with van der Waals surface area (Å²) in [5, 5.41) is 3.07. The summed E-state index contributed by atoms with van der Waals surface area (Å²) in [4.78, 5) is 11.6. The summed E-state index contributed by atoms with van der Waals surface area (Å²) in [6.45, 7) is 5.96. The second-order valence-electron chi connectivity index (χ2n) is 3.87. The van der Waals surface area contributed by atoms with Gasteiger partial charge in [0.05, 0.1) is 24.5 Å². The number of hydrogen-bond donors (Lipinski definition) is 1. The number of nitrogens with one attached hydrogen (secondary N) is 1. The zero-order valence-electron chi connectivity index (χ0n) is 7.96. The van der Waals surface area contributed by atoms with Gasteiger partial charge >= 0.3 is 0 Å². The first-order valence-electron chi connectivity index (χ1n) is 4.56. The molecule has 0 aromatic carbocycles. The molecular weight excluding hydrogens is 168 g/mol. The lowest BCUT2D eigenvalue weighted by Gasteiger charge is -2.04. The van der Waals surface area contributed by atoms with Gasteiger partial charge in [-0.15, -0.1) is 0 Å². The molecule has 13 heavy (non-hydrogen) atoms. The van der Waals surface area contributed by atoms with E-state index in [9.17, 15) is 4.79 Å². The Morgan fingerprint density at radius 2 is 2.31 bits per heavy atom. The van der Waals surface area contributed by atoms with Crippen LogP contribution in [0.25, 0.3) is 0 Å². The molecule has 72 valence electrons. The number of rotatable bonds is 2. The Balaban J connectivity index is 2.34. The van der Waals surface area contributed by atoms with E-state index in [0.29, 0.717) is 19.1 Å². The molecule has 4 nitrogen and oxygen atoms in total. The van der Waals surface area contributed by atoms with Gasteiger partial charge in [0, 0.05) is 6.54 Å². The van der Waals surface area contributed by atoms with Gasteiger partial charge in [0.25, 0.3) is 5.56 Å². The third-order valence-electron chi connectivity index (χ3n) is 2.18. The Bertz CT molecular complexity index is 362. The maximum absolute atomic E-state index is 11.6. The number of H-pyrrole nitrogens is 1. The van der Waals surface area contributed by atoms with E-state index in [1.54, 1.807) is 4.68 Å². The van der Waals surface area contributed by atoms with Crippen LogP contribution in [0.15, 0.2) is 4.79 Å². The number of hydrogen-bond acceptors (Lipinski definition) is 2. The first-order valence-corrected chi connectivity index (χ1v) is 4.56. The minimum Gasteiger partial charge on any atom is -0.370 e. The highest BCUT2D eigenvalue weighted by Gasteiger charge is 2.19. The van der Waals surface area contributed by atoms with Crippen LogP contribution in [0.1, 0.15) is 25.1 Å². The zero-order chi connectivity index (χ0) is 9.42. The summed E-state index contributed by atoms with van der Waals surface area (Å²) < 4.78 is 6.83. The van der Waals surface area contributed by atoms with Crippen LogP contribution in [-0.4, -0.2) is 9.78 Å². The van der Waals surface area contributed by atoms with Gasteiger partial charge < -0.3 is 4.74 Å². The number of aromatic nitrogens is 2. The van der Waals surface area contributed by atoms with Crippen molar-refractivity contribution in [3.8, 4) is 0 Å². The van der Waals surface area contributed by atoms with Gasteiger partial charge in [-0.05, 0) is 5.92 Å². The second kappa shape index (κ2) is 3.03. The van der Waals surface area contributed by atoms with E-state index < -0.39 is 0 Å². The molecule has 2 rings (SSSR count). The highest BCUT2D eigenvalue weighted by atomic mass is 16.5. The standard InChI is InChI=1S/C9H14N2O2/c1-6(2)3-11-9(12)7-4-13-5-8(7)10-11/h6,10H,3-5H2,1-2H3. The van der Waals surface area contributed by atoms with E-state index >= 15 is 0 Å².